The summed E-state index contributed by atoms with van der Waals surface area (Å²) in [4.78, 5) is 23.3. The summed E-state index contributed by atoms with van der Waals surface area (Å²) in [7, 11) is 1.55. The molecule has 0 aliphatic carbocycles. The van der Waals surface area contributed by atoms with Gasteiger partial charge in [0.2, 0.25) is 0 Å². The second kappa shape index (κ2) is 7.33. The summed E-state index contributed by atoms with van der Waals surface area (Å²) in [6, 6.07) is 6.54. The zero-order valence-corrected chi connectivity index (χ0v) is 11.8. The highest BCUT2D eigenvalue weighted by atomic mass is 16.6. The lowest BCUT2D eigenvalue weighted by Crippen LogP contribution is -2.30. The van der Waals surface area contributed by atoms with Gasteiger partial charge in [-0.2, -0.15) is 0 Å². The molecule has 0 radical (unpaired) electrons. The molecule has 5 heteroatoms. The Labute approximate surface area is 118 Å². The topological polar surface area (TPSA) is 61.8 Å². The number of benzene rings is 1. The minimum atomic E-state index is -0.943. The van der Waals surface area contributed by atoms with Crippen LogP contribution in [-0.4, -0.2) is 25.2 Å². The maximum atomic E-state index is 11.9. The summed E-state index contributed by atoms with van der Waals surface area (Å²) >= 11 is 0. The van der Waals surface area contributed by atoms with E-state index in [4.69, 9.17) is 14.2 Å². The highest BCUT2D eigenvalue weighted by Gasteiger charge is 2.23. The first-order chi connectivity index (χ1) is 9.47. The van der Waals surface area contributed by atoms with E-state index in [-0.39, 0.29) is 5.57 Å². The highest BCUT2D eigenvalue weighted by molar-refractivity contribution is 5.89. The van der Waals surface area contributed by atoms with Gasteiger partial charge in [-0.3, -0.25) is 0 Å². The SMILES string of the molecule is C=C(C)C(=O)OC(CC)C(=O)Oc1ccc(OC)cc1. The molecule has 0 aliphatic rings. The van der Waals surface area contributed by atoms with Crippen LogP contribution in [0, 0.1) is 0 Å². The van der Waals surface area contributed by atoms with E-state index in [1.54, 1.807) is 38.3 Å². The van der Waals surface area contributed by atoms with Crippen molar-refractivity contribution in [2.45, 2.75) is 26.4 Å². The van der Waals surface area contributed by atoms with Crippen LogP contribution in [0.3, 0.4) is 0 Å². The highest BCUT2D eigenvalue weighted by Crippen LogP contribution is 2.18. The molecule has 5 nitrogen and oxygen atoms in total. The van der Waals surface area contributed by atoms with Crippen molar-refractivity contribution in [3.63, 3.8) is 0 Å². The summed E-state index contributed by atoms with van der Waals surface area (Å²) in [5.41, 5.74) is 0.237. The molecule has 0 heterocycles. The third-order valence-corrected chi connectivity index (χ3v) is 2.51. The fourth-order valence-electron chi connectivity index (χ4n) is 1.35. The standard InChI is InChI=1S/C15H18O5/c1-5-13(20-14(16)10(2)3)15(17)19-12-8-6-11(18-4)7-9-12/h6-9,13H,2,5H2,1,3-4H3. The molecule has 0 bridgehead atoms. The number of ether oxygens (including phenoxy) is 3. The van der Waals surface area contributed by atoms with Gasteiger partial charge in [0.15, 0.2) is 6.10 Å². The van der Waals surface area contributed by atoms with Gasteiger partial charge < -0.3 is 14.2 Å². The molecule has 0 N–H and O–H groups in total. The van der Waals surface area contributed by atoms with Gasteiger partial charge in [-0.05, 0) is 37.6 Å². The van der Waals surface area contributed by atoms with Crippen molar-refractivity contribution in [2.75, 3.05) is 7.11 Å². The number of hydrogen-bond donors (Lipinski definition) is 0. The zero-order valence-electron chi connectivity index (χ0n) is 11.8. The molecular weight excluding hydrogens is 260 g/mol. The van der Waals surface area contributed by atoms with E-state index in [0.29, 0.717) is 17.9 Å². The van der Waals surface area contributed by atoms with Gasteiger partial charge in [0.25, 0.3) is 0 Å². The summed E-state index contributed by atoms with van der Waals surface area (Å²) in [5, 5.41) is 0. The predicted molar refractivity (Wildman–Crippen MR) is 73.6 cm³/mol. The first kappa shape index (κ1) is 15.8. The van der Waals surface area contributed by atoms with Gasteiger partial charge in [-0.1, -0.05) is 13.5 Å². The minimum Gasteiger partial charge on any atom is -0.497 e. The molecule has 20 heavy (non-hydrogen) atoms. The summed E-state index contributed by atoms with van der Waals surface area (Å²) in [5.74, 6) is -0.207. The third-order valence-electron chi connectivity index (χ3n) is 2.51. The van der Waals surface area contributed by atoms with Crippen LogP contribution in [-0.2, 0) is 14.3 Å². The molecule has 1 aromatic carbocycles. The Hall–Kier alpha value is -2.30. The average Bonchev–Trinajstić information content (AvgIpc) is 2.44. The van der Waals surface area contributed by atoms with E-state index in [1.807, 2.05) is 0 Å². The molecule has 1 unspecified atom stereocenters. The lowest BCUT2D eigenvalue weighted by molar-refractivity contribution is -0.159. The van der Waals surface area contributed by atoms with E-state index in [0.717, 1.165) is 0 Å². The molecule has 108 valence electrons. The molecular formula is C15H18O5. The van der Waals surface area contributed by atoms with Crippen LogP contribution in [0.25, 0.3) is 0 Å². The van der Waals surface area contributed by atoms with Crippen LogP contribution in [0.4, 0.5) is 0 Å². The normalized spacial score (nSPS) is 11.3. The van der Waals surface area contributed by atoms with Gasteiger partial charge >= 0.3 is 11.9 Å². The average molecular weight is 278 g/mol. The van der Waals surface area contributed by atoms with E-state index in [9.17, 15) is 9.59 Å². The number of esters is 2. The molecule has 0 saturated heterocycles. The van der Waals surface area contributed by atoms with E-state index in [1.165, 1.54) is 6.92 Å². The molecule has 0 aliphatic heterocycles. The maximum absolute atomic E-state index is 11.9. The molecule has 1 atom stereocenters. The molecule has 0 amide bonds. The monoisotopic (exact) mass is 278 g/mol. The van der Waals surface area contributed by atoms with Crippen LogP contribution < -0.4 is 9.47 Å². The van der Waals surface area contributed by atoms with E-state index < -0.39 is 18.0 Å². The fraction of sp³-hybridized carbons (Fsp3) is 0.333. The second-order valence-corrected chi connectivity index (χ2v) is 4.18. The minimum absolute atomic E-state index is 0.237. The van der Waals surface area contributed by atoms with Crippen molar-refractivity contribution in [2.24, 2.45) is 0 Å². The van der Waals surface area contributed by atoms with Crippen molar-refractivity contribution in [1.29, 1.82) is 0 Å². The van der Waals surface area contributed by atoms with E-state index in [2.05, 4.69) is 6.58 Å². The maximum Gasteiger partial charge on any atom is 0.352 e. The van der Waals surface area contributed by atoms with Crippen molar-refractivity contribution in [1.82, 2.24) is 0 Å². The molecule has 0 fully saturated rings. The number of hydrogen-bond acceptors (Lipinski definition) is 5. The molecule has 1 rings (SSSR count). The van der Waals surface area contributed by atoms with Crippen molar-refractivity contribution < 1.29 is 23.8 Å². The Bertz CT molecular complexity index is 489. The molecule has 0 aromatic heterocycles. The number of rotatable bonds is 6. The van der Waals surface area contributed by atoms with E-state index >= 15 is 0 Å². The Morgan fingerprint density at radius 3 is 2.20 bits per heavy atom. The van der Waals surface area contributed by atoms with Gasteiger partial charge in [-0.15, -0.1) is 0 Å². The molecule has 1 aromatic rings. The van der Waals surface area contributed by atoms with Crippen molar-refractivity contribution >= 4 is 11.9 Å². The van der Waals surface area contributed by atoms with Crippen molar-refractivity contribution in [3.8, 4) is 11.5 Å². The van der Waals surface area contributed by atoms with Gasteiger partial charge in [-0.25, -0.2) is 9.59 Å². The first-order valence-electron chi connectivity index (χ1n) is 6.20. The van der Waals surface area contributed by atoms with Crippen molar-refractivity contribution in [3.05, 3.63) is 36.4 Å². The lowest BCUT2D eigenvalue weighted by atomic mass is 10.2. The summed E-state index contributed by atoms with van der Waals surface area (Å²) in [6.07, 6.45) is -0.616. The van der Waals surface area contributed by atoms with Gasteiger partial charge in [0.05, 0.1) is 7.11 Å². The lowest BCUT2D eigenvalue weighted by Gasteiger charge is -2.15. The second-order valence-electron chi connectivity index (χ2n) is 4.18. The molecule has 0 spiro atoms. The van der Waals surface area contributed by atoms with Crippen LogP contribution in [0.1, 0.15) is 20.3 Å². The van der Waals surface area contributed by atoms with Gasteiger partial charge in [0, 0.05) is 5.57 Å². The van der Waals surface area contributed by atoms with Crippen LogP contribution in [0.5, 0.6) is 11.5 Å². The fourth-order valence-corrected chi connectivity index (χ4v) is 1.35. The van der Waals surface area contributed by atoms with Crippen LogP contribution in [0.2, 0.25) is 0 Å². The van der Waals surface area contributed by atoms with Gasteiger partial charge in [0.1, 0.15) is 11.5 Å². The smallest absolute Gasteiger partial charge is 0.352 e. The number of carbonyl (C=O) groups is 2. The summed E-state index contributed by atoms with van der Waals surface area (Å²) < 4.78 is 15.2. The quantitative estimate of drug-likeness (QED) is 0.454. The third kappa shape index (κ3) is 4.42. The zero-order chi connectivity index (χ0) is 15.1. The Kier molecular flexibility index (Phi) is 5.77. The van der Waals surface area contributed by atoms with Crippen LogP contribution >= 0.6 is 0 Å². The Balaban J connectivity index is 2.66. The first-order valence-corrected chi connectivity index (χ1v) is 6.20. The number of carbonyl (C=O) groups excluding carboxylic acids is 2. The number of methoxy groups -OCH3 is 1. The Morgan fingerprint density at radius 1 is 1.20 bits per heavy atom. The predicted octanol–water partition coefficient (Wildman–Crippen LogP) is 2.50. The largest absolute Gasteiger partial charge is 0.497 e. The summed E-state index contributed by atoms with van der Waals surface area (Å²) in [6.45, 7) is 6.71. The molecule has 0 saturated carbocycles. The Morgan fingerprint density at radius 2 is 1.75 bits per heavy atom. The van der Waals surface area contributed by atoms with Crippen LogP contribution in [0.15, 0.2) is 36.4 Å².